The Morgan fingerprint density at radius 2 is 2.06 bits per heavy atom. The molecule has 2 aliphatic heterocycles. The van der Waals surface area contributed by atoms with Gasteiger partial charge in [-0.3, -0.25) is 4.99 Å². The Bertz CT molecular complexity index is 333. The third-order valence-corrected chi connectivity index (χ3v) is 5.80. The third-order valence-electron chi connectivity index (χ3n) is 4.60. The van der Waals surface area contributed by atoms with Crippen LogP contribution in [0.2, 0.25) is 0 Å². The number of amidine groups is 1. The zero-order chi connectivity index (χ0) is 12.5. The van der Waals surface area contributed by atoms with E-state index in [-0.39, 0.29) is 0 Å². The number of aliphatic imine (C=N–C) groups is 1. The fourth-order valence-electron chi connectivity index (χ4n) is 3.06. The average molecular weight is 268 g/mol. The summed E-state index contributed by atoms with van der Waals surface area (Å²) in [5, 5.41) is 4.88. The summed E-state index contributed by atoms with van der Waals surface area (Å²) in [5.41, 5.74) is 0.874. The second-order valence-electron chi connectivity index (χ2n) is 6.18. The Labute approximate surface area is 114 Å². The van der Waals surface area contributed by atoms with Crippen molar-refractivity contribution in [2.45, 2.75) is 51.0 Å². The van der Waals surface area contributed by atoms with Gasteiger partial charge in [-0.1, -0.05) is 25.1 Å². The molecule has 18 heavy (non-hydrogen) atoms. The molecule has 0 unspecified atom stereocenters. The van der Waals surface area contributed by atoms with E-state index >= 15 is 0 Å². The molecule has 3 nitrogen and oxygen atoms in total. The predicted molar refractivity (Wildman–Crippen MR) is 77.3 cm³/mol. The van der Waals surface area contributed by atoms with Crippen molar-refractivity contribution in [3.05, 3.63) is 0 Å². The topological polar surface area (TPSA) is 33.6 Å². The maximum absolute atomic E-state index is 5.46. The molecule has 1 saturated carbocycles. The first kappa shape index (κ1) is 12.8. The molecular weight excluding hydrogens is 244 g/mol. The van der Waals surface area contributed by atoms with Crippen LogP contribution in [0.15, 0.2) is 4.99 Å². The smallest absolute Gasteiger partial charge is 0.157 e. The molecule has 2 heterocycles. The summed E-state index contributed by atoms with van der Waals surface area (Å²) in [5.74, 6) is 1.18. The molecule has 0 radical (unpaired) electrons. The molecule has 0 aromatic carbocycles. The lowest BCUT2D eigenvalue weighted by Gasteiger charge is -2.32. The fraction of sp³-hybridized carbons (Fsp3) is 0.929. The van der Waals surface area contributed by atoms with Crippen LogP contribution in [0.4, 0.5) is 0 Å². The monoisotopic (exact) mass is 268 g/mol. The van der Waals surface area contributed by atoms with E-state index < -0.39 is 0 Å². The van der Waals surface area contributed by atoms with Crippen LogP contribution in [0.25, 0.3) is 0 Å². The van der Waals surface area contributed by atoms with Crippen LogP contribution in [0.3, 0.4) is 0 Å². The van der Waals surface area contributed by atoms with E-state index in [1.54, 1.807) is 0 Å². The largest absolute Gasteiger partial charge is 0.381 e. The van der Waals surface area contributed by atoms with E-state index in [9.17, 15) is 0 Å². The maximum atomic E-state index is 5.46. The van der Waals surface area contributed by atoms with E-state index in [4.69, 9.17) is 9.73 Å². The summed E-state index contributed by atoms with van der Waals surface area (Å²) in [7, 11) is 0. The van der Waals surface area contributed by atoms with Gasteiger partial charge in [-0.2, -0.15) is 0 Å². The number of nitrogens with one attached hydrogen (secondary N) is 1. The SMILES string of the molecule is CCCC1(CN=C2NC3(CCOCC3)CS2)CC1. The van der Waals surface area contributed by atoms with E-state index in [0.717, 1.165) is 32.6 Å². The Balaban J connectivity index is 1.55. The number of hydrogen-bond acceptors (Lipinski definition) is 3. The highest BCUT2D eigenvalue weighted by Gasteiger charge is 2.42. The summed E-state index contributed by atoms with van der Waals surface area (Å²) in [4.78, 5) is 4.85. The van der Waals surface area contributed by atoms with Gasteiger partial charge in [-0.25, -0.2) is 0 Å². The highest BCUT2D eigenvalue weighted by molar-refractivity contribution is 8.14. The molecule has 1 aliphatic carbocycles. The van der Waals surface area contributed by atoms with Crippen LogP contribution in [-0.4, -0.2) is 36.2 Å². The molecule has 1 spiro atoms. The van der Waals surface area contributed by atoms with Gasteiger partial charge < -0.3 is 10.1 Å². The summed E-state index contributed by atoms with van der Waals surface area (Å²) < 4.78 is 5.46. The van der Waals surface area contributed by atoms with Gasteiger partial charge in [-0.15, -0.1) is 0 Å². The Hall–Kier alpha value is -0.220. The van der Waals surface area contributed by atoms with Gasteiger partial charge in [0, 0.05) is 25.5 Å². The zero-order valence-electron chi connectivity index (χ0n) is 11.3. The average Bonchev–Trinajstić information content (AvgIpc) is 3.05. The minimum Gasteiger partial charge on any atom is -0.381 e. The van der Waals surface area contributed by atoms with E-state index in [1.165, 1.54) is 36.6 Å². The van der Waals surface area contributed by atoms with Crippen LogP contribution in [0.5, 0.6) is 0 Å². The lowest BCUT2D eigenvalue weighted by molar-refractivity contribution is 0.0555. The highest BCUT2D eigenvalue weighted by atomic mass is 32.2. The van der Waals surface area contributed by atoms with Crippen molar-refractivity contribution < 1.29 is 4.74 Å². The molecule has 3 fully saturated rings. The highest BCUT2D eigenvalue weighted by Crippen LogP contribution is 2.50. The minimum atomic E-state index is 0.295. The molecule has 1 N–H and O–H groups in total. The number of thioether (sulfide) groups is 1. The van der Waals surface area contributed by atoms with Crippen molar-refractivity contribution in [2.75, 3.05) is 25.5 Å². The van der Waals surface area contributed by atoms with E-state index in [0.29, 0.717) is 11.0 Å². The second-order valence-corrected chi connectivity index (χ2v) is 7.14. The lowest BCUT2D eigenvalue weighted by Crippen LogP contribution is -2.48. The van der Waals surface area contributed by atoms with Crippen LogP contribution in [-0.2, 0) is 4.74 Å². The normalized spacial score (nSPS) is 30.6. The number of ether oxygens (including phenoxy) is 1. The van der Waals surface area contributed by atoms with Gasteiger partial charge in [0.2, 0.25) is 0 Å². The van der Waals surface area contributed by atoms with Gasteiger partial charge in [0.1, 0.15) is 0 Å². The Morgan fingerprint density at radius 3 is 2.72 bits per heavy atom. The van der Waals surface area contributed by atoms with Gasteiger partial charge in [0.15, 0.2) is 5.17 Å². The summed E-state index contributed by atoms with van der Waals surface area (Å²) >= 11 is 1.92. The Morgan fingerprint density at radius 1 is 1.28 bits per heavy atom. The minimum absolute atomic E-state index is 0.295. The molecule has 3 aliphatic rings. The quantitative estimate of drug-likeness (QED) is 0.851. The van der Waals surface area contributed by atoms with Crippen LogP contribution < -0.4 is 5.32 Å². The molecule has 0 atom stereocenters. The first-order valence-electron chi connectivity index (χ1n) is 7.29. The first-order valence-corrected chi connectivity index (χ1v) is 8.28. The molecule has 2 saturated heterocycles. The number of rotatable bonds is 4. The van der Waals surface area contributed by atoms with Gasteiger partial charge in [-0.05, 0) is 37.5 Å². The van der Waals surface area contributed by atoms with E-state index in [1.807, 2.05) is 11.8 Å². The predicted octanol–water partition coefficient (Wildman–Crippen LogP) is 2.81. The van der Waals surface area contributed by atoms with Crippen molar-refractivity contribution in [1.82, 2.24) is 5.32 Å². The van der Waals surface area contributed by atoms with Gasteiger partial charge in [0.25, 0.3) is 0 Å². The van der Waals surface area contributed by atoms with Gasteiger partial charge in [0.05, 0.1) is 5.54 Å². The molecule has 3 rings (SSSR count). The molecule has 0 aromatic rings. The van der Waals surface area contributed by atoms with Crippen LogP contribution in [0, 0.1) is 5.41 Å². The van der Waals surface area contributed by atoms with Crippen molar-refractivity contribution in [1.29, 1.82) is 0 Å². The van der Waals surface area contributed by atoms with Crippen LogP contribution in [0.1, 0.15) is 45.4 Å². The summed E-state index contributed by atoms with van der Waals surface area (Å²) in [6.45, 7) is 5.14. The molecule has 102 valence electrons. The van der Waals surface area contributed by atoms with Gasteiger partial charge >= 0.3 is 0 Å². The molecule has 0 amide bonds. The maximum Gasteiger partial charge on any atom is 0.157 e. The summed E-state index contributed by atoms with van der Waals surface area (Å²) in [6.07, 6.45) is 7.71. The van der Waals surface area contributed by atoms with Crippen molar-refractivity contribution in [3.63, 3.8) is 0 Å². The van der Waals surface area contributed by atoms with Crippen molar-refractivity contribution in [3.8, 4) is 0 Å². The van der Waals surface area contributed by atoms with Crippen molar-refractivity contribution in [2.24, 2.45) is 10.4 Å². The van der Waals surface area contributed by atoms with Crippen LogP contribution >= 0.6 is 11.8 Å². The fourth-order valence-corrected chi connectivity index (χ4v) is 4.27. The summed E-state index contributed by atoms with van der Waals surface area (Å²) in [6, 6.07) is 0. The van der Waals surface area contributed by atoms with Crippen molar-refractivity contribution >= 4 is 16.9 Å². The number of hydrogen-bond donors (Lipinski definition) is 1. The molecule has 0 aromatic heterocycles. The first-order chi connectivity index (χ1) is 8.76. The van der Waals surface area contributed by atoms with E-state index in [2.05, 4.69) is 12.2 Å². The number of nitrogens with zero attached hydrogens (tertiary/aromatic N) is 1. The molecule has 0 bridgehead atoms. The Kier molecular flexibility index (Phi) is 3.59. The molecule has 4 heteroatoms. The third kappa shape index (κ3) is 2.69. The lowest BCUT2D eigenvalue weighted by atomic mass is 9.93. The zero-order valence-corrected chi connectivity index (χ0v) is 12.2. The second kappa shape index (κ2) is 5.04. The molecular formula is C14H24N2OS. The standard InChI is InChI=1S/C14H24N2OS/c1-2-3-13(4-5-13)10-15-12-16-14(11-18-12)6-8-17-9-7-14/h2-11H2,1H3,(H,15,16).